The van der Waals surface area contributed by atoms with E-state index < -0.39 is 0 Å². The molecule has 2 heterocycles. The highest BCUT2D eigenvalue weighted by Crippen LogP contribution is 2.24. The summed E-state index contributed by atoms with van der Waals surface area (Å²) in [4.78, 5) is 7.06. The van der Waals surface area contributed by atoms with E-state index in [0.717, 1.165) is 10.7 Å². The van der Waals surface area contributed by atoms with Crippen LogP contribution in [0.5, 0.6) is 0 Å². The Labute approximate surface area is 131 Å². The number of rotatable bonds is 4. The van der Waals surface area contributed by atoms with Gasteiger partial charge >= 0.3 is 0 Å². The quantitative estimate of drug-likeness (QED) is 0.924. The van der Waals surface area contributed by atoms with Crippen LogP contribution in [-0.2, 0) is 0 Å². The smallest absolute Gasteiger partial charge is 0.0901 e. The van der Waals surface area contributed by atoms with E-state index in [2.05, 4.69) is 51.8 Å². The van der Waals surface area contributed by atoms with Crippen molar-refractivity contribution in [1.82, 2.24) is 9.88 Å². The van der Waals surface area contributed by atoms with Gasteiger partial charge in [-0.05, 0) is 38.4 Å². The lowest BCUT2D eigenvalue weighted by Gasteiger charge is -2.32. The third kappa shape index (κ3) is 3.63. The van der Waals surface area contributed by atoms with E-state index in [9.17, 15) is 0 Å². The molecule has 1 saturated heterocycles. The summed E-state index contributed by atoms with van der Waals surface area (Å²) in [5.41, 5.74) is 3.51. The molecule has 1 aliphatic heterocycles. The summed E-state index contributed by atoms with van der Waals surface area (Å²) < 4.78 is 0. The van der Waals surface area contributed by atoms with Crippen molar-refractivity contribution in [2.24, 2.45) is 0 Å². The molecule has 1 aromatic carbocycles. The number of aromatic nitrogens is 1. The average Bonchev–Trinajstić information content (AvgIpc) is 2.95. The van der Waals surface area contributed by atoms with Gasteiger partial charge in [-0.3, -0.25) is 0 Å². The van der Waals surface area contributed by atoms with E-state index in [4.69, 9.17) is 0 Å². The van der Waals surface area contributed by atoms with Crippen molar-refractivity contribution in [3.8, 4) is 11.3 Å². The highest BCUT2D eigenvalue weighted by Gasteiger charge is 2.17. The molecule has 2 aromatic rings. The lowest BCUT2D eigenvalue weighted by molar-refractivity contribution is 0.229. The number of nitrogens with zero attached hydrogens (tertiary/aromatic N) is 2. The van der Waals surface area contributed by atoms with Crippen LogP contribution in [0, 0.1) is 6.92 Å². The first-order valence-corrected chi connectivity index (χ1v) is 8.64. The number of anilines is 1. The molecule has 1 N–H and O–H groups in total. The molecule has 3 rings (SSSR count). The van der Waals surface area contributed by atoms with Gasteiger partial charge in [-0.25, -0.2) is 4.98 Å². The molecular weight excluding hydrogens is 278 g/mol. The number of thiazole rings is 1. The minimum absolute atomic E-state index is 0.611. The lowest BCUT2D eigenvalue weighted by Crippen LogP contribution is -2.38. The van der Waals surface area contributed by atoms with Crippen LogP contribution in [0.1, 0.15) is 24.8 Å². The van der Waals surface area contributed by atoms with E-state index in [1.807, 2.05) is 6.92 Å². The molecule has 0 atom stereocenters. The van der Waals surface area contributed by atoms with E-state index in [-0.39, 0.29) is 0 Å². The Balaban J connectivity index is 1.60. The summed E-state index contributed by atoms with van der Waals surface area (Å²) >= 11 is 1.70. The summed E-state index contributed by atoms with van der Waals surface area (Å²) in [5.74, 6) is 0. The molecule has 0 unspecified atom stereocenters. The van der Waals surface area contributed by atoms with Crippen molar-refractivity contribution in [2.75, 3.05) is 25.0 Å². The molecular formula is C17H23N3S. The Morgan fingerprint density at radius 1 is 1.24 bits per heavy atom. The second-order valence-electron chi connectivity index (χ2n) is 5.68. The maximum absolute atomic E-state index is 4.54. The van der Waals surface area contributed by atoms with Crippen molar-refractivity contribution in [1.29, 1.82) is 0 Å². The fourth-order valence-electron chi connectivity index (χ4n) is 2.86. The van der Waals surface area contributed by atoms with Gasteiger partial charge in [-0.1, -0.05) is 19.1 Å². The monoisotopic (exact) mass is 301 g/mol. The molecule has 1 aliphatic rings. The molecule has 0 aliphatic carbocycles. The first-order valence-electron chi connectivity index (χ1n) is 7.76. The predicted octanol–water partition coefficient (Wildman–Crippen LogP) is 4.01. The van der Waals surface area contributed by atoms with Crippen molar-refractivity contribution < 1.29 is 0 Å². The van der Waals surface area contributed by atoms with Crippen LogP contribution in [0.4, 0.5) is 5.69 Å². The van der Waals surface area contributed by atoms with Crippen molar-refractivity contribution in [3.05, 3.63) is 34.7 Å². The van der Waals surface area contributed by atoms with Gasteiger partial charge in [0.1, 0.15) is 0 Å². The van der Waals surface area contributed by atoms with Crippen LogP contribution in [0.25, 0.3) is 11.3 Å². The average molecular weight is 301 g/mol. The molecule has 0 bridgehead atoms. The van der Waals surface area contributed by atoms with E-state index >= 15 is 0 Å². The summed E-state index contributed by atoms with van der Waals surface area (Å²) in [6.07, 6.45) is 2.47. The van der Waals surface area contributed by atoms with E-state index in [1.165, 1.54) is 43.7 Å². The van der Waals surface area contributed by atoms with E-state index in [0.29, 0.717) is 6.04 Å². The maximum atomic E-state index is 4.54. The largest absolute Gasteiger partial charge is 0.382 e. The molecule has 0 amide bonds. The zero-order valence-corrected chi connectivity index (χ0v) is 13.6. The van der Waals surface area contributed by atoms with Gasteiger partial charge in [0.15, 0.2) is 0 Å². The molecule has 1 aromatic heterocycles. The van der Waals surface area contributed by atoms with Crippen LogP contribution < -0.4 is 5.32 Å². The van der Waals surface area contributed by atoms with Crippen molar-refractivity contribution in [3.63, 3.8) is 0 Å². The number of hydrogen-bond donors (Lipinski definition) is 1. The standard InChI is InChI=1S/C17H23N3S/c1-3-20-10-8-16(9-11-20)19-15-6-4-14(5-7-15)17-12-21-13(2)18-17/h4-7,12,16,19H,3,8-11H2,1-2H3. The van der Waals surface area contributed by atoms with Gasteiger partial charge in [-0.2, -0.15) is 0 Å². The zero-order chi connectivity index (χ0) is 14.7. The first-order chi connectivity index (χ1) is 10.2. The summed E-state index contributed by atoms with van der Waals surface area (Å²) in [7, 11) is 0. The molecule has 3 nitrogen and oxygen atoms in total. The number of likely N-dealkylation sites (tertiary alicyclic amines) is 1. The van der Waals surface area contributed by atoms with Gasteiger partial charge in [0.2, 0.25) is 0 Å². The Morgan fingerprint density at radius 2 is 1.95 bits per heavy atom. The highest BCUT2D eigenvalue weighted by molar-refractivity contribution is 7.09. The van der Waals surface area contributed by atoms with Crippen LogP contribution in [0.3, 0.4) is 0 Å². The van der Waals surface area contributed by atoms with Crippen LogP contribution in [0.2, 0.25) is 0 Å². The van der Waals surface area contributed by atoms with Crippen molar-refractivity contribution >= 4 is 17.0 Å². The Kier molecular flexibility index (Phi) is 4.56. The summed E-state index contributed by atoms with van der Waals surface area (Å²) in [6.45, 7) is 7.89. The molecule has 21 heavy (non-hydrogen) atoms. The molecule has 112 valence electrons. The van der Waals surface area contributed by atoms with Gasteiger partial charge in [-0.15, -0.1) is 11.3 Å². The second-order valence-corrected chi connectivity index (χ2v) is 6.74. The number of aryl methyl sites for hydroxylation is 1. The maximum Gasteiger partial charge on any atom is 0.0901 e. The summed E-state index contributed by atoms with van der Waals surface area (Å²) in [6, 6.07) is 9.29. The topological polar surface area (TPSA) is 28.2 Å². The Bertz CT molecular complexity index is 568. The lowest BCUT2D eigenvalue weighted by atomic mass is 10.0. The minimum atomic E-state index is 0.611. The SMILES string of the molecule is CCN1CCC(Nc2ccc(-c3csc(C)n3)cc2)CC1. The number of nitrogens with one attached hydrogen (secondary N) is 1. The van der Waals surface area contributed by atoms with Crippen molar-refractivity contribution in [2.45, 2.75) is 32.7 Å². The fourth-order valence-corrected chi connectivity index (χ4v) is 3.48. The van der Waals surface area contributed by atoms with Gasteiger partial charge in [0, 0.05) is 35.8 Å². The van der Waals surface area contributed by atoms with Gasteiger partial charge < -0.3 is 10.2 Å². The summed E-state index contributed by atoms with van der Waals surface area (Å²) in [5, 5.41) is 6.91. The van der Waals surface area contributed by atoms with E-state index in [1.54, 1.807) is 11.3 Å². The molecule has 0 radical (unpaired) electrons. The highest BCUT2D eigenvalue weighted by atomic mass is 32.1. The third-order valence-electron chi connectivity index (χ3n) is 4.21. The zero-order valence-electron chi connectivity index (χ0n) is 12.8. The Hall–Kier alpha value is -1.39. The first kappa shape index (κ1) is 14.5. The number of hydrogen-bond acceptors (Lipinski definition) is 4. The number of piperidine rings is 1. The van der Waals surface area contributed by atoms with Gasteiger partial charge in [0.05, 0.1) is 10.7 Å². The normalized spacial score (nSPS) is 17.0. The molecule has 1 fully saturated rings. The predicted molar refractivity (Wildman–Crippen MR) is 91.0 cm³/mol. The molecule has 0 saturated carbocycles. The third-order valence-corrected chi connectivity index (χ3v) is 4.98. The fraction of sp³-hybridized carbons (Fsp3) is 0.471. The van der Waals surface area contributed by atoms with Gasteiger partial charge in [0.25, 0.3) is 0 Å². The molecule has 4 heteroatoms. The second kappa shape index (κ2) is 6.58. The van der Waals surface area contributed by atoms with Crippen LogP contribution in [0.15, 0.2) is 29.6 Å². The minimum Gasteiger partial charge on any atom is -0.382 e. The number of benzene rings is 1. The molecule has 0 spiro atoms. The van der Waals surface area contributed by atoms with Crippen LogP contribution in [-0.4, -0.2) is 35.6 Å². The Morgan fingerprint density at radius 3 is 2.52 bits per heavy atom. The van der Waals surface area contributed by atoms with Crippen LogP contribution >= 0.6 is 11.3 Å².